The van der Waals surface area contributed by atoms with E-state index in [2.05, 4.69) is 11.1 Å². The second kappa shape index (κ2) is 12.5. The largest absolute Gasteiger partial charge is 0.492 e. The summed E-state index contributed by atoms with van der Waals surface area (Å²) in [5.41, 5.74) is 8.54. The van der Waals surface area contributed by atoms with E-state index in [-0.39, 0.29) is 35.4 Å². The highest BCUT2D eigenvalue weighted by atomic mass is 16.5. The molecule has 2 rings (SSSR count). The molecule has 8 heteroatoms. The quantitative estimate of drug-likeness (QED) is 0.306. The van der Waals surface area contributed by atoms with E-state index < -0.39 is 11.9 Å². The Morgan fingerprint density at radius 2 is 1.92 bits per heavy atom. The fraction of sp³-hybridized carbons (Fsp3) is 0.357. The molecule has 0 aliphatic carbocycles. The van der Waals surface area contributed by atoms with Crippen LogP contribution >= 0.6 is 0 Å². The number of esters is 1. The number of aryl methyl sites for hydroxylation is 1. The Hall–Kier alpha value is -4.12. The second-order valence-electron chi connectivity index (χ2n) is 9.53. The van der Waals surface area contributed by atoms with Gasteiger partial charge in [0.05, 0.1) is 30.0 Å². The summed E-state index contributed by atoms with van der Waals surface area (Å²) >= 11 is 0. The van der Waals surface area contributed by atoms with Crippen molar-refractivity contribution in [3.05, 3.63) is 64.9 Å². The van der Waals surface area contributed by atoms with Crippen molar-refractivity contribution in [2.75, 3.05) is 24.7 Å². The van der Waals surface area contributed by atoms with Gasteiger partial charge in [0.1, 0.15) is 18.4 Å². The zero-order valence-electron chi connectivity index (χ0n) is 21.8. The number of carbonyl (C=O) groups is 2. The number of hydrogen-bond donors (Lipinski definition) is 1. The third kappa shape index (κ3) is 8.27. The molecule has 0 bridgehead atoms. The minimum atomic E-state index is -0.595. The maximum atomic E-state index is 13.6. The molecule has 0 heterocycles. The first-order valence-corrected chi connectivity index (χ1v) is 11.7. The van der Waals surface area contributed by atoms with Gasteiger partial charge in [-0.25, -0.2) is 0 Å². The molecule has 2 aromatic carbocycles. The number of aliphatic imine (C=N–C) groups is 1. The third-order valence-electron chi connectivity index (χ3n) is 4.89. The molecule has 1 amide bonds. The normalized spacial score (nSPS) is 12.0. The first-order valence-electron chi connectivity index (χ1n) is 11.7. The summed E-state index contributed by atoms with van der Waals surface area (Å²) in [6.45, 7) is 11.5. The van der Waals surface area contributed by atoms with Gasteiger partial charge in [-0.05, 0) is 62.1 Å². The van der Waals surface area contributed by atoms with Gasteiger partial charge in [-0.15, -0.1) is 0 Å². The number of nitriles is 1. The molecule has 8 nitrogen and oxygen atoms in total. The lowest BCUT2D eigenvalue weighted by Gasteiger charge is -2.24. The first-order chi connectivity index (χ1) is 16.9. The number of anilines is 1. The van der Waals surface area contributed by atoms with Crippen molar-refractivity contribution >= 4 is 29.5 Å². The Morgan fingerprint density at radius 1 is 1.19 bits per heavy atom. The molecule has 0 spiro atoms. The summed E-state index contributed by atoms with van der Waals surface area (Å²) in [7, 11) is 0. The Labute approximate surface area is 213 Å². The van der Waals surface area contributed by atoms with E-state index in [1.165, 1.54) is 17.2 Å². The molecule has 2 aromatic rings. The van der Waals surface area contributed by atoms with Crippen LogP contribution in [0, 0.1) is 23.7 Å². The maximum absolute atomic E-state index is 13.6. The van der Waals surface area contributed by atoms with Crippen LogP contribution in [-0.2, 0) is 14.3 Å². The van der Waals surface area contributed by atoms with E-state index in [0.29, 0.717) is 23.7 Å². The fourth-order valence-corrected chi connectivity index (χ4v) is 3.13. The lowest BCUT2D eigenvalue weighted by Crippen LogP contribution is -2.38. The van der Waals surface area contributed by atoms with Crippen LogP contribution in [-0.4, -0.2) is 37.8 Å². The van der Waals surface area contributed by atoms with Crippen LogP contribution in [0.25, 0.3) is 0 Å². The monoisotopic (exact) mass is 490 g/mol. The SMILES string of the molecule is CCOC(=O)CN(C(=O)C(C=Nc1cccc(C)c1)=C(C)N)c1ccc(OCC(C)(C)C)c(C#N)c1. The lowest BCUT2D eigenvalue weighted by molar-refractivity contribution is -0.142. The van der Waals surface area contributed by atoms with Gasteiger partial charge in [-0.1, -0.05) is 32.9 Å². The van der Waals surface area contributed by atoms with Crippen LogP contribution in [0.4, 0.5) is 11.4 Å². The Balaban J connectivity index is 2.47. The number of carbonyl (C=O) groups excluding carboxylic acids is 2. The number of amides is 1. The van der Waals surface area contributed by atoms with Crippen molar-refractivity contribution in [2.45, 2.75) is 41.5 Å². The summed E-state index contributed by atoms with van der Waals surface area (Å²) in [5.74, 6) is -0.750. The highest BCUT2D eigenvalue weighted by Crippen LogP contribution is 2.28. The number of nitrogens with two attached hydrogens (primary N) is 1. The summed E-state index contributed by atoms with van der Waals surface area (Å²) in [6.07, 6.45) is 1.39. The van der Waals surface area contributed by atoms with Crippen molar-refractivity contribution in [2.24, 2.45) is 16.1 Å². The van der Waals surface area contributed by atoms with E-state index in [0.717, 1.165) is 5.56 Å². The number of nitrogens with zero attached hydrogens (tertiary/aromatic N) is 3. The standard InChI is InChI=1S/C28H34N4O4/c1-7-35-26(33)17-32(23-11-12-25(21(14-23)15-29)36-18-28(4,5)6)27(34)24(20(3)30)16-31-22-10-8-9-19(2)13-22/h8-14,16H,7,17-18,30H2,1-6H3. The number of hydrogen-bond acceptors (Lipinski definition) is 7. The van der Waals surface area contributed by atoms with Gasteiger partial charge in [-0.3, -0.25) is 19.5 Å². The predicted molar refractivity (Wildman–Crippen MR) is 141 cm³/mol. The van der Waals surface area contributed by atoms with Gasteiger partial charge in [0.25, 0.3) is 5.91 Å². The Kier molecular flexibility index (Phi) is 9.80. The van der Waals surface area contributed by atoms with Gasteiger partial charge in [-0.2, -0.15) is 5.26 Å². The van der Waals surface area contributed by atoms with Crippen LogP contribution in [0.15, 0.2) is 58.7 Å². The molecule has 0 fully saturated rings. The maximum Gasteiger partial charge on any atom is 0.326 e. The first kappa shape index (κ1) is 28.1. The van der Waals surface area contributed by atoms with Crippen molar-refractivity contribution < 1.29 is 19.1 Å². The number of ether oxygens (including phenoxy) is 2. The van der Waals surface area contributed by atoms with Gasteiger partial charge in [0, 0.05) is 17.6 Å². The van der Waals surface area contributed by atoms with E-state index in [1.54, 1.807) is 26.0 Å². The minimum Gasteiger partial charge on any atom is -0.492 e. The van der Waals surface area contributed by atoms with Gasteiger partial charge in [0.2, 0.25) is 0 Å². The van der Waals surface area contributed by atoms with Crippen LogP contribution in [0.2, 0.25) is 0 Å². The van der Waals surface area contributed by atoms with Gasteiger partial charge < -0.3 is 15.2 Å². The summed E-state index contributed by atoms with van der Waals surface area (Å²) < 4.78 is 10.9. The van der Waals surface area contributed by atoms with Crippen LogP contribution < -0.4 is 15.4 Å². The molecular formula is C28H34N4O4. The Bertz CT molecular complexity index is 1200. The van der Waals surface area contributed by atoms with Crippen LogP contribution in [0.5, 0.6) is 5.75 Å². The number of allylic oxidation sites excluding steroid dienone is 1. The van der Waals surface area contributed by atoms with Crippen molar-refractivity contribution in [3.63, 3.8) is 0 Å². The van der Waals surface area contributed by atoms with Crippen molar-refractivity contribution in [1.29, 1.82) is 5.26 Å². The average molecular weight is 491 g/mol. The molecule has 0 aliphatic rings. The van der Waals surface area contributed by atoms with E-state index in [4.69, 9.17) is 15.2 Å². The number of rotatable bonds is 9. The molecular weight excluding hydrogens is 456 g/mol. The minimum absolute atomic E-state index is 0.105. The zero-order valence-corrected chi connectivity index (χ0v) is 21.8. The number of benzene rings is 2. The molecule has 36 heavy (non-hydrogen) atoms. The molecule has 0 radical (unpaired) electrons. The summed E-state index contributed by atoms with van der Waals surface area (Å²) in [4.78, 5) is 31.6. The highest BCUT2D eigenvalue weighted by Gasteiger charge is 2.25. The van der Waals surface area contributed by atoms with Crippen LogP contribution in [0.1, 0.15) is 45.7 Å². The highest BCUT2D eigenvalue weighted by molar-refractivity contribution is 6.20. The van der Waals surface area contributed by atoms with Crippen molar-refractivity contribution in [1.82, 2.24) is 0 Å². The molecule has 0 aromatic heterocycles. The lowest BCUT2D eigenvalue weighted by atomic mass is 9.98. The average Bonchev–Trinajstić information content (AvgIpc) is 2.80. The van der Waals surface area contributed by atoms with E-state index >= 15 is 0 Å². The molecule has 2 N–H and O–H groups in total. The molecule has 0 saturated heterocycles. The summed E-state index contributed by atoms with van der Waals surface area (Å²) in [5, 5.41) is 9.71. The smallest absolute Gasteiger partial charge is 0.326 e. The predicted octanol–water partition coefficient (Wildman–Crippen LogP) is 4.82. The fourth-order valence-electron chi connectivity index (χ4n) is 3.13. The van der Waals surface area contributed by atoms with Gasteiger partial charge in [0.15, 0.2) is 0 Å². The topological polar surface area (TPSA) is 118 Å². The molecule has 0 aliphatic heterocycles. The van der Waals surface area contributed by atoms with E-state index in [9.17, 15) is 14.9 Å². The zero-order chi connectivity index (χ0) is 26.9. The second-order valence-corrected chi connectivity index (χ2v) is 9.53. The molecule has 0 atom stereocenters. The van der Waals surface area contributed by atoms with Crippen molar-refractivity contribution in [3.8, 4) is 11.8 Å². The third-order valence-corrected chi connectivity index (χ3v) is 4.89. The van der Waals surface area contributed by atoms with Gasteiger partial charge >= 0.3 is 5.97 Å². The molecule has 0 unspecified atom stereocenters. The summed E-state index contributed by atoms with van der Waals surface area (Å²) in [6, 6.07) is 14.3. The van der Waals surface area contributed by atoms with Crippen LogP contribution in [0.3, 0.4) is 0 Å². The Morgan fingerprint density at radius 3 is 2.50 bits per heavy atom. The van der Waals surface area contributed by atoms with E-state index in [1.807, 2.05) is 52.0 Å². The molecule has 0 saturated carbocycles. The molecule has 190 valence electrons.